The van der Waals surface area contributed by atoms with Crippen molar-refractivity contribution in [2.75, 3.05) is 56.2 Å². The summed E-state index contributed by atoms with van der Waals surface area (Å²) < 4.78 is 42.5. The number of nitrogens with one attached hydrogen (secondary N) is 2. The standard InChI is InChI=1S/C37H53F2N9O4/c1-36(2,3)52-35(50)46-16-13-37(14-17-46)11-8-26(9-12-37)40-22-25-4-6-27(7-5-25)48-24-29(31(44-48)32(38)39)42-34(49)28-23-41-47-15-10-30(43-33(28)47)45-18-20-51-21-19-45/h10,15,23-27,32,40H,4-9,11-14,16-22H2,1-3H3,(H,42,49). The van der Waals surface area contributed by atoms with Crippen molar-refractivity contribution in [3.8, 4) is 0 Å². The lowest BCUT2D eigenvalue weighted by molar-refractivity contribution is 0.00270. The Bertz CT molecular complexity index is 1690. The van der Waals surface area contributed by atoms with Crippen molar-refractivity contribution in [1.82, 2.24) is 34.6 Å². The first-order valence-corrected chi connectivity index (χ1v) is 19.0. The van der Waals surface area contributed by atoms with Crippen LogP contribution in [0.15, 0.2) is 24.7 Å². The minimum Gasteiger partial charge on any atom is -0.444 e. The number of amides is 2. The van der Waals surface area contributed by atoms with Crippen LogP contribution in [-0.4, -0.2) is 98.9 Å². The maximum atomic E-state index is 14.2. The molecule has 0 atom stereocenters. The Morgan fingerprint density at radius 3 is 2.40 bits per heavy atom. The quantitative estimate of drug-likeness (QED) is 0.278. The highest BCUT2D eigenvalue weighted by molar-refractivity contribution is 6.08. The summed E-state index contributed by atoms with van der Waals surface area (Å²) in [6.07, 6.45) is 12.1. The van der Waals surface area contributed by atoms with Gasteiger partial charge in [-0.3, -0.25) is 9.48 Å². The Hall–Kier alpha value is -3.85. The lowest BCUT2D eigenvalue weighted by Gasteiger charge is -2.46. The van der Waals surface area contributed by atoms with E-state index < -0.39 is 23.6 Å². The van der Waals surface area contributed by atoms with Gasteiger partial charge in [-0.1, -0.05) is 0 Å². The highest BCUT2D eigenvalue weighted by Crippen LogP contribution is 2.45. The fourth-order valence-corrected chi connectivity index (χ4v) is 8.40. The molecule has 2 aliphatic heterocycles. The van der Waals surface area contributed by atoms with Crippen LogP contribution in [-0.2, 0) is 9.47 Å². The predicted molar refractivity (Wildman–Crippen MR) is 192 cm³/mol. The zero-order valence-electron chi connectivity index (χ0n) is 30.7. The number of ether oxygens (including phenoxy) is 2. The Morgan fingerprint density at radius 2 is 1.73 bits per heavy atom. The molecule has 15 heteroatoms. The van der Waals surface area contributed by atoms with Crippen LogP contribution in [0.3, 0.4) is 0 Å². The molecule has 4 fully saturated rings. The summed E-state index contributed by atoms with van der Waals surface area (Å²) in [6, 6.07) is 2.34. The van der Waals surface area contributed by atoms with Crippen molar-refractivity contribution >= 4 is 29.2 Å². The van der Waals surface area contributed by atoms with Gasteiger partial charge in [0.05, 0.1) is 31.1 Å². The molecule has 2 amide bonds. The number of anilines is 2. The zero-order chi connectivity index (χ0) is 36.5. The maximum Gasteiger partial charge on any atom is 0.410 e. The Labute approximate surface area is 303 Å². The van der Waals surface area contributed by atoms with Crippen LogP contribution in [0.4, 0.5) is 25.1 Å². The first-order chi connectivity index (χ1) is 25.0. The SMILES string of the molecule is CC(C)(C)OC(=O)N1CCC2(CCC(NCC3CCC(n4cc(NC(=O)c5cnn6ccc(N7CCOCC7)nc56)c(C(F)F)n4)CC3)CC2)CC1. The normalized spacial score (nSPS) is 23.0. The number of hydrogen-bond acceptors (Lipinski definition) is 9. The molecule has 2 N–H and O–H groups in total. The van der Waals surface area contributed by atoms with Crippen molar-refractivity contribution < 1.29 is 27.8 Å². The molecule has 2 saturated carbocycles. The number of morpholine rings is 1. The van der Waals surface area contributed by atoms with E-state index in [-0.39, 0.29) is 23.4 Å². The summed E-state index contributed by atoms with van der Waals surface area (Å²) in [5, 5.41) is 15.1. The number of aromatic nitrogens is 5. The number of nitrogens with zero attached hydrogens (tertiary/aromatic N) is 7. The van der Waals surface area contributed by atoms with E-state index in [1.165, 1.54) is 23.6 Å². The van der Waals surface area contributed by atoms with E-state index in [0.717, 1.165) is 71.0 Å². The summed E-state index contributed by atoms with van der Waals surface area (Å²) >= 11 is 0. The average molecular weight is 726 g/mol. The molecule has 1 spiro atoms. The molecule has 4 aliphatic rings. The van der Waals surface area contributed by atoms with E-state index in [0.29, 0.717) is 55.1 Å². The second-order valence-electron chi connectivity index (χ2n) is 16.2. The number of piperidine rings is 1. The number of carbonyl (C=O) groups is 2. The summed E-state index contributed by atoms with van der Waals surface area (Å²) in [7, 11) is 0. The molecule has 52 heavy (non-hydrogen) atoms. The molecular weight excluding hydrogens is 672 g/mol. The van der Waals surface area contributed by atoms with Crippen LogP contribution in [0.25, 0.3) is 5.65 Å². The van der Waals surface area contributed by atoms with Crippen LogP contribution in [0, 0.1) is 11.3 Å². The molecule has 0 aromatic carbocycles. The molecule has 3 aromatic heterocycles. The minimum atomic E-state index is -2.83. The van der Waals surface area contributed by atoms with E-state index in [1.54, 1.807) is 17.1 Å². The first kappa shape index (κ1) is 36.5. The van der Waals surface area contributed by atoms with Crippen molar-refractivity contribution in [3.05, 3.63) is 35.9 Å². The van der Waals surface area contributed by atoms with Crippen molar-refractivity contribution in [2.24, 2.45) is 11.3 Å². The molecule has 2 saturated heterocycles. The van der Waals surface area contributed by atoms with Crippen LogP contribution in [0.1, 0.15) is 113 Å². The first-order valence-electron chi connectivity index (χ1n) is 19.0. The van der Waals surface area contributed by atoms with Crippen LogP contribution in [0.2, 0.25) is 0 Å². The highest BCUT2D eigenvalue weighted by Gasteiger charge is 2.40. The van der Waals surface area contributed by atoms with E-state index in [2.05, 4.69) is 30.7 Å². The fraction of sp³-hybridized carbons (Fsp3) is 0.703. The number of alkyl halides is 2. The fourth-order valence-electron chi connectivity index (χ4n) is 8.40. The van der Waals surface area contributed by atoms with E-state index in [9.17, 15) is 18.4 Å². The average Bonchev–Trinajstić information content (AvgIpc) is 3.76. The number of likely N-dealkylation sites (tertiary alicyclic amines) is 1. The van der Waals surface area contributed by atoms with Gasteiger partial charge < -0.3 is 29.9 Å². The topological polar surface area (TPSA) is 131 Å². The largest absolute Gasteiger partial charge is 0.444 e. The number of fused-ring (bicyclic) bond motifs is 1. The third-order valence-corrected chi connectivity index (χ3v) is 11.6. The molecule has 0 unspecified atom stereocenters. The van der Waals surface area contributed by atoms with Crippen molar-refractivity contribution in [2.45, 2.75) is 109 Å². The number of carbonyl (C=O) groups excluding carboxylic acids is 2. The molecular formula is C37H53F2N9O4. The van der Waals surface area contributed by atoms with Gasteiger partial charge in [0.1, 0.15) is 17.0 Å². The van der Waals surface area contributed by atoms with E-state index in [4.69, 9.17) is 9.47 Å². The molecule has 13 nitrogen and oxygen atoms in total. The Morgan fingerprint density at radius 1 is 1.02 bits per heavy atom. The number of halogens is 2. The second kappa shape index (κ2) is 15.2. The molecule has 7 rings (SSSR count). The molecule has 2 aliphatic carbocycles. The second-order valence-corrected chi connectivity index (χ2v) is 16.2. The summed E-state index contributed by atoms with van der Waals surface area (Å²) in [4.78, 5) is 34.5. The van der Waals surface area contributed by atoms with Gasteiger partial charge in [0.25, 0.3) is 12.3 Å². The van der Waals surface area contributed by atoms with Crippen molar-refractivity contribution in [1.29, 1.82) is 0 Å². The summed E-state index contributed by atoms with van der Waals surface area (Å²) in [5.41, 5.74) is 0.00437. The van der Waals surface area contributed by atoms with Crippen molar-refractivity contribution in [3.63, 3.8) is 0 Å². The van der Waals surface area contributed by atoms with Crippen LogP contribution >= 0.6 is 0 Å². The summed E-state index contributed by atoms with van der Waals surface area (Å²) in [5.74, 6) is 0.676. The summed E-state index contributed by atoms with van der Waals surface area (Å²) in [6.45, 7) is 10.8. The smallest absolute Gasteiger partial charge is 0.410 e. The zero-order valence-corrected chi connectivity index (χ0v) is 30.7. The van der Waals surface area contributed by atoms with Crippen LogP contribution in [0.5, 0.6) is 0 Å². The Kier molecular flexibility index (Phi) is 10.7. The highest BCUT2D eigenvalue weighted by atomic mass is 19.3. The Balaban J connectivity index is 0.884. The maximum absolute atomic E-state index is 14.2. The number of rotatable bonds is 8. The predicted octanol–water partition coefficient (Wildman–Crippen LogP) is 6.23. The third-order valence-electron chi connectivity index (χ3n) is 11.6. The molecule has 0 radical (unpaired) electrons. The van der Waals surface area contributed by atoms with Gasteiger partial charge in [-0.2, -0.15) is 10.2 Å². The van der Waals surface area contributed by atoms with E-state index >= 15 is 0 Å². The minimum absolute atomic E-state index is 0.00443. The monoisotopic (exact) mass is 725 g/mol. The third kappa shape index (κ3) is 8.35. The van der Waals surface area contributed by atoms with Gasteiger partial charge in [-0.15, -0.1) is 0 Å². The van der Waals surface area contributed by atoms with Gasteiger partial charge in [0.15, 0.2) is 11.3 Å². The van der Waals surface area contributed by atoms with Gasteiger partial charge in [0.2, 0.25) is 0 Å². The molecule has 0 bridgehead atoms. The van der Waals surface area contributed by atoms with E-state index in [1.807, 2.05) is 31.7 Å². The molecule has 3 aromatic rings. The lowest BCUT2D eigenvalue weighted by atomic mass is 9.67. The van der Waals surface area contributed by atoms with Gasteiger partial charge in [-0.25, -0.2) is 23.1 Å². The number of hydrogen-bond donors (Lipinski definition) is 2. The van der Waals surface area contributed by atoms with Gasteiger partial charge >= 0.3 is 6.09 Å². The molecule has 5 heterocycles. The van der Waals surface area contributed by atoms with Gasteiger partial charge in [-0.05, 0) is 109 Å². The van der Waals surface area contributed by atoms with Gasteiger partial charge in [0, 0.05) is 44.6 Å². The molecule has 284 valence electrons. The lowest BCUT2D eigenvalue weighted by Crippen LogP contribution is -2.48. The van der Waals surface area contributed by atoms with Crippen LogP contribution < -0.4 is 15.5 Å².